The van der Waals surface area contributed by atoms with Crippen molar-refractivity contribution in [3.63, 3.8) is 0 Å². The van der Waals surface area contributed by atoms with Crippen LogP contribution in [0, 0.1) is 11.8 Å². The van der Waals surface area contributed by atoms with E-state index in [9.17, 15) is 4.79 Å². The fourth-order valence-electron chi connectivity index (χ4n) is 4.54. The number of morpholine rings is 1. The highest BCUT2D eigenvalue weighted by Gasteiger charge is 2.30. The molecule has 0 radical (unpaired) electrons. The molecule has 0 aliphatic carbocycles. The van der Waals surface area contributed by atoms with Crippen molar-refractivity contribution in [3.8, 4) is 0 Å². The van der Waals surface area contributed by atoms with Gasteiger partial charge in [-0.15, -0.1) is 0 Å². The largest absolute Gasteiger partial charge is 0.379 e. The quantitative estimate of drug-likeness (QED) is 0.733. The molecule has 2 aliphatic rings. The van der Waals surface area contributed by atoms with Crippen LogP contribution in [0.3, 0.4) is 0 Å². The fourth-order valence-corrected chi connectivity index (χ4v) is 4.54. The number of nitrogens with zero attached hydrogens (tertiary/aromatic N) is 4. The third-order valence-electron chi connectivity index (χ3n) is 6.26. The number of ether oxygens (including phenoxy) is 1. The van der Waals surface area contributed by atoms with Crippen molar-refractivity contribution in [3.05, 3.63) is 18.6 Å². The van der Waals surface area contributed by atoms with Crippen LogP contribution in [-0.4, -0.2) is 72.8 Å². The van der Waals surface area contributed by atoms with Crippen LogP contribution >= 0.6 is 0 Å². The second-order valence-corrected chi connectivity index (χ2v) is 7.89. The number of carbonyl (C=O) groups excluding carboxylic acids is 1. The van der Waals surface area contributed by atoms with Crippen molar-refractivity contribution in [2.75, 3.05) is 50.8 Å². The molecule has 2 aliphatic heterocycles. The fraction of sp³-hybridized carbons (Fsp3) is 0.762. The molecule has 1 aromatic heterocycles. The zero-order valence-corrected chi connectivity index (χ0v) is 17.3. The molecule has 0 aromatic carbocycles. The van der Waals surface area contributed by atoms with Gasteiger partial charge in [-0.05, 0) is 18.8 Å². The van der Waals surface area contributed by atoms with E-state index < -0.39 is 0 Å². The lowest BCUT2D eigenvalue weighted by molar-refractivity contribution is -0.125. The van der Waals surface area contributed by atoms with Crippen molar-refractivity contribution in [1.82, 2.24) is 20.2 Å². The molecule has 2 atom stereocenters. The molecule has 0 spiro atoms. The summed E-state index contributed by atoms with van der Waals surface area (Å²) in [7, 11) is 0. The van der Waals surface area contributed by atoms with Gasteiger partial charge in [-0.2, -0.15) is 0 Å². The second kappa shape index (κ2) is 10.7. The van der Waals surface area contributed by atoms with Crippen LogP contribution in [0.1, 0.15) is 39.5 Å². The minimum atomic E-state index is 0.0165. The van der Waals surface area contributed by atoms with E-state index in [4.69, 9.17) is 4.74 Å². The van der Waals surface area contributed by atoms with E-state index in [1.807, 2.05) is 0 Å². The van der Waals surface area contributed by atoms with Gasteiger partial charge in [0.2, 0.25) is 5.91 Å². The lowest BCUT2D eigenvalue weighted by Crippen LogP contribution is -2.53. The van der Waals surface area contributed by atoms with E-state index in [1.165, 1.54) is 0 Å². The first-order valence-electron chi connectivity index (χ1n) is 10.8. The monoisotopic (exact) mass is 389 g/mol. The normalized spacial score (nSPS) is 22.2. The third-order valence-corrected chi connectivity index (χ3v) is 6.26. The lowest BCUT2D eigenvalue weighted by atomic mass is 9.91. The smallest absolute Gasteiger partial charge is 0.224 e. The molecule has 0 unspecified atom stereocenters. The zero-order valence-electron chi connectivity index (χ0n) is 17.3. The van der Waals surface area contributed by atoms with E-state index in [2.05, 4.69) is 38.9 Å². The summed E-state index contributed by atoms with van der Waals surface area (Å²) in [6.07, 6.45) is 9.39. The number of nitrogens with one attached hydrogen (secondary N) is 1. The molecular formula is C21H35N5O2. The third kappa shape index (κ3) is 5.41. The van der Waals surface area contributed by atoms with Crippen LogP contribution in [0.2, 0.25) is 0 Å². The maximum absolute atomic E-state index is 12.9. The number of hydrogen-bond acceptors (Lipinski definition) is 6. The molecule has 7 nitrogen and oxygen atoms in total. The number of amides is 1. The summed E-state index contributed by atoms with van der Waals surface area (Å²) < 4.78 is 5.53. The van der Waals surface area contributed by atoms with Crippen molar-refractivity contribution >= 4 is 11.7 Å². The van der Waals surface area contributed by atoms with Gasteiger partial charge in [0.05, 0.1) is 25.3 Å². The summed E-state index contributed by atoms with van der Waals surface area (Å²) >= 11 is 0. The predicted octanol–water partition coefficient (Wildman–Crippen LogP) is 1.95. The van der Waals surface area contributed by atoms with E-state index >= 15 is 0 Å². The molecule has 3 heterocycles. The van der Waals surface area contributed by atoms with Crippen molar-refractivity contribution in [1.29, 1.82) is 0 Å². The van der Waals surface area contributed by atoms with Gasteiger partial charge in [0, 0.05) is 51.2 Å². The first-order chi connectivity index (χ1) is 13.7. The Bertz CT molecular complexity index is 590. The van der Waals surface area contributed by atoms with Crippen molar-refractivity contribution < 1.29 is 9.53 Å². The molecule has 7 heteroatoms. The van der Waals surface area contributed by atoms with Gasteiger partial charge in [0.1, 0.15) is 5.82 Å². The number of aromatic nitrogens is 2. The Labute approximate surface area is 168 Å². The van der Waals surface area contributed by atoms with E-state index in [1.54, 1.807) is 18.6 Å². The zero-order chi connectivity index (χ0) is 19.8. The van der Waals surface area contributed by atoms with Crippen LogP contribution in [-0.2, 0) is 9.53 Å². The summed E-state index contributed by atoms with van der Waals surface area (Å²) in [5.74, 6) is 1.66. The van der Waals surface area contributed by atoms with E-state index in [0.29, 0.717) is 12.0 Å². The van der Waals surface area contributed by atoms with Crippen molar-refractivity contribution in [2.45, 2.75) is 45.6 Å². The second-order valence-electron chi connectivity index (χ2n) is 7.89. The molecule has 1 amide bonds. The molecule has 156 valence electrons. The van der Waals surface area contributed by atoms with Gasteiger partial charge >= 0.3 is 0 Å². The van der Waals surface area contributed by atoms with E-state index in [0.717, 1.165) is 77.4 Å². The first kappa shape index (κ1) is 21.0. The van der Waals surface area contributed by atoms with E-state index in [-0.39, 0.29) is 11.8 Å². The maximum Gasteiger partial charge on any atom is 0.224 e. The van der Waals surface area contributed by atoms with Gasteiger partial charge in [0.15, 0.2) is 0 Å². The number of hydrogen-bond donors (Lipinski definition) is 1. The van der Waals surface area contributed by atoms with Gasteiger partial charge in [0.25, 0.3) is 0 Å². The average Bonchev–Trinajstić information content (AvgIpc) is 2.77. The molecule has 28 heavy (non-hydrogen) atoms. The Balaban J connectivity index is 1.57. The highest BCUT2D eigenvalue weighted by molar-refractivity contribution is 5.79. The topological polar surface area (TPSA) is 70.6 Å². The number of piperidine rings is 1. The minimum Gasteiger partial charge on any atom is -0.379 e. The number of rotatable bonds is 8. The standard InChI is InChI=1S/C21H35N5O2/c1-3-17(4-2)19(25-10-12-28-13-11-25)14-24-21(27)18-6-5-9-26(16-18)20-15-22-7-8-23-20/h7-8,15,17-19H,3-6,9-14,16H2,1-2H3,(H,24,27)/t18-,19+/m1/s1. The van der Waals surface area contributed by atoms with Gasteiger partial charge < -0.3 is 15.0 Å². The molecule has 0 bridgehead atoms. The number of anilines is 1. The van der Waals surface area contributed by atoms with Crippen LogP contribution < -0.4 is 10.2 Å². The Kier molecular flexibility index (Phi) is 8.03. The molecule has 1 N–H and O–H groups in total. The highest BCUT2D eigenvalue weighted by atomic mass is 16.5. The van der Waals surface area contributed by atoms with Gasteiger partial charge in [-0.25, -0.2) is 4.98 Å². The molecular weight excluding hydrogens is 354 g/mol. The molecule has 2 fully saturated rings. The minimum absolute atomic E-state index is 0.0165. The summed E-state index contributed by atoms with van der Waals surface area (Å²) in [6, 6.07) is 0.391. The van der Waals surface area contributed by atoms with Gasteiger partial charge in [-0.3, -0.25) is 14.7 Å². The Morgan fingerprint density at radius 1 is 1.25 bits per heavy atom. The lowest BCUT2D eigenvalue weighted by Gasteiger charge is -2.39. The van der Waals surface area contributed by atoms with Gasteiger partial charge in [-0.1, -0.05) is 26.7 Å². The Morgan fingerprint density at radius 2 is 2.04 bits per heavy atom. The molecule has 0 saturated carbocycles. The number of carbonyl (C=O) groups is 1. The summed E-state index contributed by atoms with van der Waals surface area (Å²) in [5.41, 5.74) is 0. The van der Waals surface area contributed by atoms with Crippen LogP contribution in [0.25, 0.3) is 0 Å². The Hall–Kier alpha value is -1.73. The molecule has 2 saturated heterocycles. The van der Waals surface area contributed by atoms with Crippen molar-refractivity contribution in [2.24, 2.45) is 11.8 Å². The SMILES string of the molecule is CCC(CC)[C@H](CNC(=O)[C@@H]1CCCN(c2cnccn2)C1)N1CCOCC1. The molecule has 1 aromatic rings. The highest BCUT2D eigenvalue weighted by Crippen LogP contribution is 2.22. The summed E-state index contributed by atoms with van der Waals surface area (Å²) in [5, 5.41) is 3.29. The maximum atomic E-state index is 12.9. The summed E-state index contributed by atoms with van der Waals surface area (Å²) in [6.45, 7) is 10.4. The van der Waals surface area contributed by atoms with Crippen LogP contribution in [0.5, 0.6) is 0 Å². The first-order valence-corrected chi connectivity index (χ1v) is 10.8. The summed E-state index contributed by atoms with van der Waals surface area (Å²) in [4.78, 5) is 26.2. The van der Waals surface area contributed by atoms with Crippen LogP contribution in [0.4, 0.5) is 5.82 Å². The molecule has 3 rings (SSSR count). The average molecular weight is 390 g/mol. The predicted molar refractivity (Wildman–Crippen MR) is 110 cm³/mol. The van der Waals surface area contributed by atoms with Crippen LogP contribution in [0.15, 0.2) is 18.6 Å². The Morgan fingerprint density at radius 3 is 2.71 bits per heavy atom.